The SMILES string of the molecule is COc1cc(CNc2nc3ccccc3s2)c(OC)c2c1C(=O)C=CC2=O. The van der Waals surface area contributed by atoms with Crippen molar-refractivity contribution in [1.29, 1.82) is 0 Å². The second kappa shape index (κ2) is 6.85. The molecule has 0 fully saturated rings. The average molecular weight is 380 g/mol. The summed E-state index contributed by atoms with van der Waals surface area (Å²) in [5, 5.41) is 4.03. The van der Waals surface area contributed by atoms with Crippen LogP contribution in [-0.2, 0) is 6.54 Å². The first kappa shape index (κ1) is 17.2. The number of nitrogens with zero attached hydrogens (tertiary/aromatic N) is 1. The molecule has 1 aliphatic rings. The van der Waals surface area contributed by atoms with Crippen molar-refractivity contribution < 1.29 is 19.1 Å². The Morgan fingerprint density at radius 2 is 1.78 bits per heavy atom. The third-order valence-electron chi connectivity index (χ3n) is 4.35. The zero-order valence-corrected chi connectivity index (χ0v) is 15.6. The van der Waals surface area contributed by atoms with Gasteiger partial charge in [0.15, 0.2) is 16.7 Å². The van der Waals surface area contributed by atoms with Crippen molar-refractivity contribution in [3.8, 4) is 11.5 Å². The number of ether oxygens (including phenoxy) is 2. The van der Waals surface area contributed by atoms with E-state index in [2.05, 4.69) is 10.3 Å². The molecule has 0 saturated carbocycles. The van der Waals surface area contributed by atoms with Crippen LogP contribution in [0.4, 0.5) is 5.13 Å². The van der Waals surface area contributed by atoms with Gasteiger partial charge < -0.3 is 14.8 Å². The molecule has 2 aromatic carbocycles. The molecule has 1 aromatic heterocycles. The van der Waals surface area contributed by atoms with Crippen LogP contribution >= 0.6 is 11.3 Å². The fourth-order valence-corrected chi connectivity index (χ4v) is 4.00. The minimum atomic E-state index is -0.276. The summed E-state index contributed by atoms with van der Waals surface area (Å²) >= 11 is 1.54. The van der Waals surface area contributed by atoms with E-state index in [0.29, 0.717) is 23.6 Å². The topological polar surface area (TPSA) is 77.5 Å². The molecule has 6 nitrogen and oxygen atoms in total. The number of allylic oxidation sites excluding steroid dienone is 2. The summed E-state index contributed by atoms with van der Waals surface area (Å²) in [5.74, 6) is 0.184. The Bertz CT molecular complexity index is 1070. The Kier molecular flexibility index (Phi) is 4.37. The highest BCUT2D eigenvalue weighted by Crippen LogP contribution is 2.38. The lowest BCUT2D eigenvalue weighted by Gasteiger charge is -2.20. The molecular formula is C20H16N2O4S. The van der Waals surface area contributed by atoms with Crippen LogP contribution in [0.1, 0.15) is 26.3 Å². The molecule has 0 unspecified atom stereocenters. The van der Waals surface area contributed by atoms with Gasteiger partial charge in [0.2, 0.25) is 0 Å². The van der Waals surface area contributed by atoms with E-state index in [0.717, 1.165) is 15.3 Å². The van der Waals surface area contributed by atoms with E-state index in [4.69, 9.17) is 9.47 Å². The fourth-order valence-electron chi connectivity index (χ4n) is 3.14. The molecule has 0 amide bonds. The van der Waals surface area contributed by atoms with E-state index >= 15 is 0 Å². The van der Waals surface area contributed by atoms with Crippen LogP contribution in [0.2, 0.25) is 0 Å². The molecule has 0 saturated heterocycles. The minimum absolute atomic E-state index is 0.241. The molecule has 0 bridgehead atoms. The monoisotopic (exact) mass is 380 g/mol. The number of thiazole rings is 1. The van der Waals surface area contributed by atoms with Gasteiger partial charge in [-0.05, 0) is 30.4 Å². The average Bonchev–Trinajstić information content (AvgIpc) is 3.11. The number of carbonyl (C=O) groups excluding carboxylic acids is 2. The van der Waals surface area contributed by atoms with Crippen LogP contribution in [0.3, 0.4) is 0 Å². The van der Waals surface area contributed by atoms with Crippen LogP contribution in [0.5, 0.6) is 11.5 Å². The second-order valence-corrected chi connectivity index (χ2v) is 6.95. The van der Waals surface area contributed by atoms with Crippen molar-refractivity contribution in [1.82, 2.24) is 4.98 Å². The number of methoxy groups -OCH3 is 2. The first-order chi connectivity index (χ1) is 13.1. The van der Waals surface area contributed by atoms with Crippen molar-refractivity contribution >= 4 is 38.3 Å². The van der Waals surface area contributed by atoms with E-state index < -0.39 is 0 Å². The number of rotatable bonds is 5. The summed E-state index contributed by atoms with van der Waals surface area (Å²) < 4.78 is 11.9. The molecule has 1 heterocycles. The number of ketones is 2. The Morgan fingerprint density at radius 3 is 2.48 bits per heavy atom. The summed E-state index contributed by atoms with van der Waals surface area (Å²) in [7, 11) is 2.96. The third-order valence-corrected chi connectivity index (χ3v) is 5.34. The lowest BCUT2D eigenvalue weighted by molar-refractivity contribution is 0.0988. The Balaban J connectivity index is 1.73. The Morgan fingerprint density at radius 1 is 1.04 bits per heavy atom. The summed E-state index contributed by atoms with van der Waals surface area (Å²) in [4.78, 5) is 29.2. The van der Waals surface area contributed by atoms with Crippen LogP contribution in [-0.4, -0.2) is 30.8 Å². The van der Waals surface area contributed by atoms with Gasteiger partial charge in [0.05, 0.1) is 35.6 Å². The third kappa shape index (κ3) is 2.96. The van der Waals surface area contributed by atoms with Gasteiger partial charge in [-0.3, -0.25) is 9.59 Å². The molecule has 0 radical (unpaired) electrons. The second-order valence-electron chi connectivity index (χ2n) is 5.92. The van der Waals surface area contributed by atoms with Gasteiger partial charge in [-0.15, -0.1) is 0 Å². The highest BCUT2D eigenvalue weighted by atomic mass is 32.1. The quantitative estimate of drug-likeness (QED) is 0.724. The van der Waals surface area contributed by atoms with Gasteiger partial charge in [-0.2, -0.15) is 0 Å². The number of hydrogen-bond acceptors (Lipinski definition) is 7. The molecule has 1 aliphatic carbocycles. The van der Waals surface area contributed by atoms with E-state index in [1.165, 1.54) is 26.4 Å². The van der Waals surface area contributed by atoms with Crippen LogP contribution in [0.25, 0.3) is 10.2 Å². The summed E-state index contributed by atoms with van der Waals surface area (Å²) in [5.41, 5.74) is 2.12. The number of anilines is 1. The zero-order chi connectivity index (χ0) is 19.0. The van der Waals surface area contributed by atoms with Gasteiger partial charge in [-0.1, -0.05) is 23.5 Å². The van der Waals surface area contributed by atoms with Crippen molar-refractivity contribution in [2.24, 2.45) is 0 Å². The smallest absolute Gasteiger partial charge is 0.190 e. The van der Waals surface area contributed by atoms with E-state index in [9.17, 15) is 9.59 Å². The Hall–Kier alpha value is -3.19. The number of para-hydroxylation sites is 1. The first-order valence-electron chi connectivity index (χ1n) is 8.26. The predicted octanol–water partition coefficient (Wildman–Crippen LogP) is 3.86. The van der Waals surface area contributed by atoms with Crippen LogP contribution in [0, 0.1) is 0 Å². The van der Waals surface area contributed by atoms with Crippen molar-refractivity contribution in [2.45, 2.75) is 6.54 Å². The van der Waals surface area contributed by atoms with E-state index in [-0.39, 0.29) is 22.7 Å². The summed E-state index contributed by atoms with van der Waals surface area (Å²) in [6, 6.07) is 9.60. The maximum absolute atomic E-state index is 12.4. The molecular weight excluding hydrogens is 364 g/mol. The van der Waals surface area contributed by atoms with Gasteiger partial charge in [0, 0.05) is 12.1 Å². The summed E-state index contributed by atoms with van der Waals surface area (Å²) in [6.07, 6.45) is 2.52. The molecule has 7 heteroatoms. The maximum Gasteiger partial charge on any atom is 0.190 e. The zero-order valence-electron chi connectivity index (χ0n) is 14.7. The predicted molar refractivity (Wildman–Crippen MR) is 104 cm³/mol. The molecule has 0 spiro atoms. The highest BCUT2D eigenvalue weighted by Gasteiger charge is 2.29. The van der Waals surface area contributed by atoms with Gasteiger partial charge >= 0.3 is 0 Å². The highest BCUT2D eigenvalue weighted by molar-refractivity contribution is 7.22. The molecule has 1 N–H and O–H groups in total. The number of aromatic nitrogens is 1. The van der Waals surface area contributed by atoms with E-state index in [1.54, 1.807) is 17.4 Å². The lowest BCUT2D eigenvalue weighted by Crippen LogP contribution is -2.17. The normalized spacial score (nSPS) is 13.0. The van der Waals surface area contributed by atoms with Crippen molar-refractivity contribution in [3.63, 3.8) is 0 Å². The number of carbonyl (C=O) groups is 2. The lowest BCUT2D eigenvalue weighted by atomic mass is 9.90. The molecule has 4 rings (SSSR count). The maximum atomic E-state index is 12.4. The number of nitrogens with one attached hydrogen (secondary N) is 1. The number of fused-ring (bicyclic) bond motifs is 2. The van der Waals surface area contributed by atoms with Crippen molar-refractivity contribution in [2.75, 3.05) is 19.5 Å². The van der Waals surface area contributed by atoms with Gasteiger partial charge in [0.25, 0.3) is 0 Å². The van der Waals surface area contributed by atoms with Gasteiger partial charge in [-0.25, -0.2) is 4.98 Å². The molecule has 136 valence electrons. The van der Waals surface area contributed by atoms with Gasteiger partial charge in [0.1, 0.15) is 11.5 Å². The molecule has 27 heavy (non-hydrogen) atoms. The molecule has 3 aromatic rings. The minimum Gasteiger partial charge on any atom is -0.496 e. The molecule has 0 atom stereocenters. The number of hydrogen-bond donors (Lipinski definition) is 1. The first-order valence-corrected chi connectivity index (χ1v) is 9.08. The number of benzene rings is 2. The standard InChI is InChI=1S/C20H16N2O4S/c1-25-15-9-11(10-21-20-22-12-5-3-4-6-16(12)27-20)19(26-2)18-14(24)8-7-13(23)17(15)18/h3-9H,10H2,1-2H3,(H,21,22). The molecule has 0 aliphatic heterocycles. The summed E-state index contributed by atoms with van der Waals surface area (Å²) in [6.45, 7) is 0.373. The largest absolute Gasteiger partial charge is 0.496 e. The fraction of sp³-hybridized carbons (Fsp3) is 0.150. The van der Waals surface area contributed by atoms with Crippen LogP contribution < -0.4 is 14.8 Å². The Labute approximate surface area is 159 Å². The van der Waals surface area contributed by atoms with Crippen molar-refractivity contribution in [3.05, 3.63) is 59.2 Å². The van der Waals surface area contributed by atoms with Crippen LogP contribution in [0.15, 0.2) is 42.5 Å². The van der Waals surface area contributed by atoms with E-state index in [1.807, 2.05) is 24.3 Å².